The number of amides is 5. The molecule has 3 heterocycles. The molecule has 2 aliphatic heterocycles. The number of carboxylic acid groups (broad SMARTS) is 1. The number of imidazole rings is 1. The number of nitrogens with zero attached hydrogens (tertiary/aromatic N) is 3. The van der Waals surface area contributed by atoms with Crippen LogP contribution in [0.3, 0.4) is 0 Å². The summed E-state index contributed by atoms with van der Waals surface area (Å²) in [7, 11) is 0. The van der Waals surface area contributed by atoms with Crippen molar-refractivity contribution in [3.63, 3.8) is 0 Å². The molecule has 274 valence electrons. The van der Waals surface area contributed by atoms with E-state index in [9.17, 15) is 33.9 Å². The number of carbonyl (C=O) groups excluding carboxylic acids is 5. The maximum atomic E-state index is 14.0. The van der Waals surface area contributed by atoms with Crippen LogP contribution in [0.15, 0.2) is 12.5 Å². The average molecular weight is 689 g/mol. The highest BCUT2D eigenvalue weighted by Crippen LogP contribution is 2.24. The highest BCUT2D eigenvalue weighted by atomic mass is 16.4. The number of nitrogens with two attached hydrogens (primary N) is 1. The number of aromatic amines is 1. The Labute approximate surface area is 288 Å². The van der Waals surface area contributed by atoms with Gasteiger partial charge in [-0.05, 0) is 62.7 Å². The molecular formula is C34H56N8O7. The largest absolute Gasteiger partial charge is 0.480 e. The van der Waals surface area contributed by atoms with Gasteiger partial charge < -0.3 is 41.6 Å². The lowest BCUT2D eigenvalue weighted by molar-refractivity contribution is -0.146. The monoisotopic (exact) mass is 688 g/mol. The summed E-state index contributed by atoms with van der Waals surface area (Å²) in [5.74, 6) is -3.30. The van der Waals surface area contributed by atoms with Crippen LogP contribution in [0.5, 0.6) is 0 Å². The Kier molecular flexibility index (Phi) is 14.6. The van der Waals surface area contributed by atoms with E-state index in [1.54, 1.807) is 6.20 Å². The number of nitrogens with one attached hydrogen (secondary N) is 4. The van der Waals surface area contributed by atoms with E-state index >= 15 is 0 Å². The van der Waals surface area contributed by atoms with Gasteiger partial charge in [-0.1, -0.05) is 41.5 Å². The van der Waals surface area contributed by atoms with Gasteiger partial charge in [0.05, 0.1) is 12.4 Å². The van der Waals surface area contributed by atoms with Crippen molar-refractivity contribution in [1.82, 2.24) is 35.7 Å². The zero-order valence-corrected chi connectivity index (χ0v) is 29.7. The second-order valence-corrected chi connectivity index (χ2v) is 14.7. The molecule has 6 atom stereocenters. The third-order valence-corrected chi connectivity index (χ3v) is 8.97. The van der Waals surface area contributed by atoms with Gasteiger partial charge in [-0.3, -0.25) is 24.0 Å². The van der Waals surface area contributed by atoms with Gasteiger partial charge in [-0.2, -0.15) is 0 Å². The van der Waals surface area contributed by atoms with Crippen molar-refractivity contribution >= 4 is 35.5 Å². The van der Waals surface area contributed by atoms with Crippen molar-refractivity contribution < 1.29 is 33.9 Å². The molecule has 0 saturated carbocycles. The number of hydrogen-bond acceptors (Lipinski definition) is 8. The van der Waals surface area contributed by atoms with Crippen molar-refractivity contribution in [3.05, 3.63) is 18.2 Å². The van der Waals surface area contributed by atoms with Gasteiger partial charge in [0.25, 0.3) is 0 Å². The summed E-state index contributed by atoms with van der Waals surface area (Å²) in [5, 5.41) is 17.9. The van der Waals surface area contributed by atoms with Crippen LogP contribution in [-0.4, -0.2) is 110 Å². The van der Waals surface area contributed by atoms with Gasteiger partial charge in [-0.25, -0.2) is 9.78 Å². The molecule has 0 spiro atoms. The molecule has 0 aliphatic carbocycles. The predicted molar refractivity (Wildman–Crippen MR) is 182 cm³/mol. The lowest BCUT2D eigenvalue weighted by atomic mass is 10.00. The van der Waals surface area contributed by atoms with Gasteiger partial charge in [-0.15, -0.1) is 0 Å². The minimum absolute atomic E-state index is 0.0180. The first-order valence-electron chi connectivity index (χ1n) is 17.6. The summed E-state index contributed by atoms with van der Waals surface area (Å²) in [6, 6.07) is -5.52. The van der Waals surface area contributed by atoms with E-state index in [0.717, 1.165) is 0 Å². The van der Waals surface area contributed by atoms with Crippen LogP contribution < -0.4 is 21.7 Å². The van der Waals surface area contributed by atoms with Crippen LogP contribution in [0.1, 0.15) is 92.2 Å². The standard InChI is InChI=1S/C34H56N8O7/c1-19(2)13-24(38-29(43)23(35)16-22-17-36-18-37-22)32(46)41-11-7-9-27(41)30(44)39-25(14-20(3)4)33(47)42-12-8-10-28(42)31(45)40-26(34(48)49)15-21(5)6/h17-21,23-28H,7-16,35H2,1-6H3,(H,36,37)(H,38,43)(H,39,44)(H,40,45)(H,48,49)/t23-,24-,25-,26-,27-,28-/m0/s1. The molecule has 0 unspecified atom stereocenters. The number of H-pyrrole nitrogens is 1. The molecule has 3 rings (SSSR count). The number of rotatable bonds is 17. The molecular weight excluding hydrogens is 632 g/mol. The van der Waals surface area contributed by atoms with Crippen LogP contribution in [-0.2, 0) is 35.2 Å². The van der Waals surface area contributed by atoms with Crippen molar-refractivity contribution in [3.8, 4) is 0 Å². The SMILES string of the molecule is CC(C)C[C@H](NC(=O)[C@@H]1CCCN1C(=O)[C@H](CC(C)C)NC(=O)[C@@H]1CCCN1C(=O)[C@H](CC(C)C)NC(=O)[C@@H](N)Cc1cnc[nH]1)C(=O)O. The first kappa shape index (κ1) is 39.4. The van der Waals surface area contributed by atoms with Gasteiger partial charge in [0, 0.05) is 31.4 Å². The molecule has 0 bridgehead atoms. The number of hydrogen-bond donors (Lipinski definition) is 6. The van der Waals surface area contributed by atoms with Crippen LogP contribution in [0.2, 0.25) is 0 Å². The Bertz CT molecular complexity index is 1300. The summed E-state index contributed by atoms with van der Waals surface area (Å²) >= 11 is 0. The van der Waals surface area contributed by atoms with Crippen molar-refractivity contribution in [2.45, 2.75) is 129 Å². The summed E-state index contributed by atoms with van der Waals surface area (Å²) in [5.41, 5.74) is 6.83. The molecule has 5 amide bonds. The number of carbonyl (C=O) groups is 6. The Balaban J connectivity index is 1.72. The Morgan fingerprint density at radius 1 is 0.796 bits per heavy atom. The third-order valence-electron chi connectivity index (χ3n) is 8.97. The smallest absolute Gasteiger partial charge is 0.326 e. The molecule has 2 fully saturated rings. The van der Waals surface area contributed by atoms with Gasteiger partial charge in [0.2, 0.25) is 29.5 Å². The molecule has 1 aromatic rings. The Hall–Kier alpha value is -4.01. The molecule has 15 nitrogen and oxygen atoms in total. The second kappa shape index (κ2) is 18.1. The van der Waals surface area contributed by atoms with Gasteiger partial charge >= 0.3 is 5.97 Å². The first-order valence-corrected chi connectivity index (χ1v) is 17.6. The first-order chi connectivity index (χ1) is 23.1. The van der Waals surface area contributed by atoms with E-state index in [1.807, 2.05) is 41.5 Å². The van der Waals surface area contributed by atoms with Crippen molar-refractivity contribution in [1.29, 1.82) is 0 Å². The molecule has 7 N–H and O–H groups in total. The van der Waals surface area contributed by atoms with Crippen molar-refractivity contribution in [2.24, 2.45) is 23.5 Å². The maximum Gasteiger partial charge on any atom is 0.326 e. The van der Waals surface area contributed by atoms with Crippen LogP contribution in [0.25, 0.3) is 0 Å². The Morgan fingerprint density at radius 3 is 1.67 bits per heavy atom. The summed E-state index contributed by atoms with van der Waals surface area (Å²) < 4.78 is 0. The van der Waals surface area contributed by atoms with Gasteiger partial charge in [0.15, 0.2) is 0 Å². The van der Waals surface area contributed by atoms with E-state index in [1.165, 1.54) is 16.1 Å². The quantitative estimate of drug-likeness (QED) is 0.137. The summed E-state index contributed by atoms with van der Waals surface area (Å²) in [4.78, 5) is 89.5. The molecule has 0 aromatic carbocycles. The molecule has 0 radical (unpaired) electrons. The molecule has 2 aliphatic rings. The zero-order valence-electron chi connectivity index (χ0n) is 29.7. The number of carboxylic acids is 1. The minimum Gasteiger partial charge on any atom is -0.480 e. The number of likely N-dealkylation sites (tertiary alicyclic amines) is 2. The van der Waals surface area contributed by atoms with E-state index in [-0.39, 0.29) is 36.5 Å². The lowest BCUT2D eigenvalue weighted by Gasteiger charge is -2.33. The fourth-order valence-electron chi connectivity index (χ4n) is 6.63. The van der Waals surface area contributed by atoms with E-state index in [4.69, 9.17) is 5.73 Å². The van der Waals surface area contributed by atoms with Crippen LogP contribution >= 0.6 is 0 Å². The minimum atomic E-state index is -1.13. The molecule has 49 heavy (non-hydrogen) atoms. The second-order valence-electron chi connectivity index (χ2n) is 14.7. The van der Waals surface area contributed by atoms with E-state index in [2.05, 4.69) is 25.9 Å². The van der Waals surface area contributed by atoms with Crippen LogP contribution in [0, 0.1) is 17.8 Å². The molecule has 15 heteroatoms. The summed E-state index contributed by atoms with van der Waals surface area (Å²) in [6.07, 6.45) is 6.11. The normalized spacial score (nSPS) is 20.3. The highest BCUT2D eigenvalue weighted by molar-refractivity contribution is 5.97. The number of aliphatic carboxylic acids is 1. The molecule has 1 aromatic heterocycles. The number of aromatic nitrogens is 2. The highest BCUT2D eigenvalue weighted by Gasteiger charge is 2.42. The molecule has 2 saturated heterocycles. The Morgan fingerprint density at radius 2 is 1.24 bits per heavy atom. The van der Waals surface area contributed by atoms with E-state index in [0.29, 0.717) is 57.3 Å². The third kappa shape index (κ3) is 11.3. The van der Waals surface area contributed by atoms with Gasteiger partial charge in [0.1, 0.15) is 30.2 Å². The lowest BCUT2D eigenvalue weighted by Crippen LogP contribution is -2.59. The zero-order chi connectivity index (χ0) is 36.4. The topological polar surface area (TPSA) is 220 Å². The average Bonchev–Trinajstić information content (AvgIpc) is 3.81. The fraction of sp³-hybridized carbons (Fsp3) is 0.735. The summed E-state index contributed by atoms with van der Waals surface area (Å²) in [6.45, 7) is 12.1. The predicted octanol–water partition coefficient (Wildman–Crippen LogP) is 0.939. The maximum absolute atomic E-state index is 14.0. The van der Waals surface area contributed by atoms with E-state index < -0.39 is 65.8 Å². The van der Waals surface area contributed by atoms with Crippen molar-refractivity contribution in [2.75, 3.05) is 13.1 Å². The fourth-order valence-corrected chi connectivity index (χ4v) is 6.63. The van der Waals surface area contributed by atoms with Crippen LogP contribution in [0.4, 0.5) is 0 Å².